The maximum Gasteiger partial charge on any atom is 0.256 e. The van der Waals surface area contributed by atoms with Crippen LogP contribution in [0.3, 0.4) is 0 Å². The quantitative estimate of drug-likeness (QED) is 0.787. The Kier molecular flexibility index (Phi) is 3.84. The predicted octanol–water partition coefficient (Wildman–Crippen LogP) is 1.64. The summed E-state index contributed by atoms with van der Waals surface area (Å²) in [5.74, 6) is -0.111. The highest BCUT2D eigenvalue weighted by Gasteiger charge is 2.52. The fourth-order valence-corrected chi connectivity index (χ4v) is 5.78. The molecule has 1 fully saturated rings. The average molecular weight is 382 g/mol. The summed E-state index contributed by atoms with van der Waals surface area (Å²) in [4.78, 5) is 18.9. The number of amides is 1. The van der Waals surface area contributed by atoms with Gasteiger partial charge in [-0.1, -0.05) is 6.07 Å². The third-order valence-corrected chi connectivity index (χ3v) is 7.46. The maximum atomic E-state index is 13.3. The van der Waals surface area contributed by atoms with Crippen LogP contribution in [-0.4, -0.2) is 48.1 Å². The normalized spacial score (nSPS) is 22.3. The lowest BCUT2D eigenvalue weighted by Crippen LogP contribution is -2.58. The van der Waals surface area contributed by atoms with Crippen molar-refractivity contribution in [2.75, 3.05) is 19.6 Å². The van der Waals surface area contributed by atoms with Gasteiger partial charge in [0.2, 0.25) is 10.0 Å². The minimum Gasteiger partial charge on any atom is -0.325 e. The minimum atomic E-state index is -3.81. The molecule has 1 amide bonds. The topological polar surface area (TPSA) is 94.4 Å². The van der Waals surface area contributed by atoms with E-state index in [4.69, 9.17) is 0 Å². The molecule has 4 rings (SSSR count). The van der Waals surface area contributed by atoms with Crippen molar-refractivity contribution in [2.45, 2.75) is 24.3 Å². The Morgan fingerprint density at radius 3 is 2.74 bits per heavy atom. The fraction of sp³-hybridized carbons (Fsp3) is 0.316. The standard InChI is InChI=1S/C19H18N4O3S/c1-13-14(11-20)5-3-7-16(13)27(25,26)22-9-10-23-18(24)15-6-4-8-21-17(15)19(23,2)12-22/h3-8H,9-10,12H2,1-2H3. The third kappa shape index (κ3) is 2.39. The second kappa shape index (κ2) is 5.87. The molecule has 1 aromatic heterocycles. The van der Waals surface area contributed by atoms with Gasteiger partial charge in [-0.05, 0) is 43.7 Å². The van der Waals surface area contributed by atoms with Gasteiger partial charge in [0.25, 0.3) is 5.91 Å². The van der Waals surface area contributed by atoms with Gasteiger partial charge >= 0.3 is 0 Å². The number of hydrogen-bond acceptors (Lipinski definition) is 5. The van der Waals surface area contributed by atoms with Gasteiger partial charge in [-0.3, -0.25) is 9.78 Å². The van der Waals surface area contributed by atoms with Crippen LogP contribution in [-0.2, 0) is 15.6 Å². The van der Waals surface area contributed by atoms with Crippen LogP contribution in [0.25, 0.3) is 0 Å². The van der Waals surface area contributed by atoms with Crippen LogP contribution in [0.2, 0.25) is 0 Å². The Labute approximate surface area is 157 Å². The highest BCUT2D eigenvalue weighted by molar-refractivity contribution is 7.89. The molecular formula is C19H18N4O3S. The molecule has 1 unspecified atom stereocenters. The molecule has 0 saturated carbocycles. The summed E-state index contributed by atoms with van der Waals surface area (Å²) in [6.07, 6.45) is 1.62. The highest BCUT2D eigenvalue weighted by atomic mass is 32.2. The van der Waals surface area contributed by atoms with Crippen molar-refractivity contribution in [1.29, 1.82) is 5.26 Å². The van der Waals surface area contributed by atoms with E-state index >= 15 is 0 Å². The lowest BCUT2D eigenvalue weighted by molar-refractivity contribution is 0.0365. The molecule has 0 bridgehead atoms. The van der Waals surface area contributed by atoms with Crippen LogP contribution >= 0.6 is 0 Å². The van der Waals surface area contributed by atoms with Gasteiger partial charge < -0.3 is 4.90 Å². The van der Waals surface area contributed by atoms with Crippen molar-refractivity contribution in [1.82, 2.24) is 14.2 Å². The highest BCUT2D eigenvalue weighted by Crippen LogP contribution is 2.41. The van der Waals surface area contributed by atoms with Crippen LogP contribution in [0, 0.1) is 18.3 Å². The smallest absolute Gasteiger partial charge is 0.256 e. The van der Waals surface area contributed by atoms with E-state index in [0.29, 0.717) is 28.9 Å². The molecule has 27 heavy (non-hydrogen) atoms. The molecule has 1 saturated heterocycles. The van der Waals surface area contributed by atoms with Crippen molar-refractivity contribution in [3.05, 3.63) is 58.9 Å². The Balaban J connectivity index is 1.76. The monoisotopic (exact) mass is 382 g/mol. The van der Waals surface area contributed by atoms with E-state index in [2.05, 4.69) is 4.98 Å². The molecule has 2 aliphatic rings. The molecule has 2 aliphatic heterocycles. The molecule has 0 N–H and O–H groups in total. The van der Waals surface area contributed by atoms with Crippen molar-refractivity contribution in [3.63, 3.8) is 0 Å². The summed E-state index contributed by atoms with van der Waals surface area (Å²) in [5.41, 5.74) is 1.11. The van der Waals surface area contributed by atoms with E-state index in [0.717, 1.165) is 0 Å². The largest absolute Gasteiger partial charge is 0.325 e. The number of benzene rings is 1. The van der Waals surface area contributed by atoms with Crippen molar-refractivity contribution in [2.24, 2.45) is 0 Å². The van der Waals surface area contributed by atoms with Gasteiger partial charge in [-0.2, -0.15) is 9.57 Å². The molecule has 3 heterocycles. The van der Waals surface area contributed by atoms with Crippen molar-refractivity contribution < 1.29 is 13.2 Å². The Morgan fingerprint density at radius 2 is 2.00 bits per heavy atom. The van der Waals surface area contributed by atoms with Gasteiger partial charge in [-0.15, -0.1) is 0 Å². The first-order valence-corrected chi connectivity index (χ1v) is 10.0. The first-order chi connectivity index (χ1) is 12.8. The number of piperazine rings is 1. The first kappa shape index (κ1) is 17.6. The van der Waals surface area contributed by atoms with Gasteiger partial charge in [0.15, 0.2) is 0 Å². The van der Waals surface area contributed by atoms with E-state index in [1.54, 1.807) is 42.3 Å². The van der Waals surface area contributed by atoms with Crippen LogP contribution in [0.4, 0.5) is 0 Å². The van der Waals surface area contributed by atoms with Crippen molar-refractivity contribution >= 4 is 15.9 Å². The van der Waals surface area contributed by atoms with Crippen LogP contribution in [0.15, 0.2) is 41.4 Å². The number of nitrogens with zero attached hydrogens (tertiary/aromatic N) is 4. The number of rotatable bonds is 2. The molecule has 0 radical (unpaired) electrons. The number of carbonyl (C=O) groups excluding carboxylic acids is 1. The first-order valence-electron chi connectivity index (χ1n) is 8.58. The number of fused-ring (bicyclic) bond motifs is 3. The second-order valence-corrected chi connectivity index (χ2v) is 8.92. The lowest BCUT2D eigenvalue weighted by Gasteiger charge is -2.44. The molecular weight excluding hydrogens is 364 g/mol. The fourth-order valence-electron chi connectivity index (χ4n) is 4.01. The number of hydrogen-bond donors (Lipinski definition) is 0. The lowest BCUT2D eigenvalue weighted by atomic mass is 9.95. The van der Waals surface area contributed by atoms with Gasteiger partial charge in [-0.25, -0.2) is 8.42 Å². The predicted molar refractivity (Wildman–Crippen MR) is 97.3 cm³/mol. The number of nitriles is 1. The van der Waals surface area contributed by atoms with Crippen molar-refractivity contribution in [3.8, 4) is 6.07 Å². The van der Waals surface area contributed by atoms with Crippen LogP contribution in [0.5, 0.6) is 0 Å². The second-order valence-electron chi connectivity index (χ2n) is 7.01. The summed E-state index contributed by atoms with van der Waals surface area (Å²) in [7, 11) is -3.81. The van der Waals surface area contributed by atoms with Crippen LogP contribution in [0.1, 0.15) is 34.1 Å². The number of sulfonamides is 1. The zero-order valence-corrected chi connectivity index (χ0v) is 15.8. The molecule has 0 aliphatic carbocycles. The Hall–Kier alpha value is -2.76. The van der Waals surface area contributed by atoms with E-state index in [9.17, 15) is 18.5 Å². The summed E-state index contributed by atoms with van der Waals surface area (Å²) in [5, 5.41) is 9.21. The summed E-state index contributed by atoms with van der Waals surface area (Å²) in [6.45, 7) is 4.11. The van der Waals surface area contributed by atoms with E-state index < -0.39 is 15.6 Å². The molecule has 1 aromatic carbocycles. The molecule has 8 heteroatoms. The molecule has 1 atom stereocenters. The van der Waals surface area contributed by atoms with Gasteiger partial charge in [0.1, 0.15) is 0 Å². The minimum absolute atomic E-state index is 0.111. The van der Waals surface area contributed by atoms with Gasteiger partial charge in [0, 0.05) is 25.8 Å². The Morgan fingerprint density at radius 1 is 1.22 bits per heavy atom. The summed E-state index contributed by atoms with van der Waals surface area (Å²) < 4.78 is 28.0. The van der Waals surface area contributed by atoms with Crippen LogP contribution < -0.4 is 0 Å². The zero-order valence-electron chi connectivity index (χ0n) is 15.0. The third-order valence-electron chi connectivity index (χ3n) is 5.47. The van der Waals surface area contributed by atoms with E-state index in [1.807, 2.05) is 13.0 Å². The summed E-state index contributed by atoms with van der Waals surface area (Å²) in [6, 6.07) is 10.2. The molecule has 138 valence electrons. The number of pyridine rings is 1. The number of aromatic nitrogens is 1. The van der Waals surface area contributed by atoms with E-state index in [1.165, 1.54) is 10.4 Å². The molecule has 2 aromatic rings. The number of carbonyl (C=O) groups is 1. The molecule has 7 nitrogen and oxygen atoms in total. The molecule has 0 spiro atoms. The average Bonchev–Trinajstić information content (AvgIpc) is 2.89. The summed E-state index contributed by atoms with van der Waals surface area (Å²) >= 11 is 0. The zero-order chi connectivity index (χ0) is 19.4. The SMILES string of the molecule is Cc1c(C#N)cccc1S(=O)(=O)N1CCN2C(=O)c3cccnc3C2(C)C1. The maximum absolute atomic E-state index is 13.3. The Bertz CT molecular complexity index is 1110. The van der Waals surface area contributed by atoms with Gasteiger partial charge in [0.05, 0.1) is 33.3 Å². The van der Waals surface area contributed by atoms with E-state index in [-0.39, 0.29) is 23.9 Å².